The van der Waals surface area contributed by atoms with Crippen LogP contribution in [0.4, 0.5) is 0 Å². The van der Waals surface area contributed by atoms with Gasteiger partial charge in [0.2, 0.25) is 0 Å². The molecule has 1 aliphatic heterocycles. The minimum absolute atomic E-state index is 0.0148. The van der Waals surface area contributed by atoms with Crippen LogP contribution in [0.25, 0.3) is 0 Å². The van der Waals surface area contributed by atoms with Crippen molar-refractivity contribution < 1.29 is 34.0 Å². The van der Waals surface area contributed by atoms with Gasteiger partial charge < -0.3 is 30.2 Å². The van der Waals surface area contributed by atoms with Crippen molar-refractivity contribution >= 4 is 11.9 Å². The minimum Gasteiger partial charge on any atom is -0.504 e. The van der Waals surface area contributed by atoms with Crippen molar-refractivity contribution in [3.05, 3.63) is 35.1 Å². The zero-order valence-corrected chi connectivity index (χ0v) is 19.9. The Balaban J connectivity index is 1.41. The number of aromatic hydroxyl groups is 1. The number of esters is 2. The Hall–Kier alpha value is -2.58. The van der Waals surface area contributed by atoms with E-state index < -0.39 is 41.2 Å². The zero-order valence-electron chi connectivity index (χ0n) is 19.9. The summed E-state index contributed by atoms with van der Waals surface area (Å²) in [7, 11) is 0. The van der Waals surface area contributed by atoms with Gasteiger partial charge in [0, 0.05) is 5.56 Å². The van der Waals surface area contributed by atoms with E-state index in [4.69, 9.17) is 19.9 Å². The number of aliphatic hydroxyl groups is 1. The van der Waals surface area contributed by atoms with Crippen molar-refractivity contribution in [2.75, 3.05) is 0 Å². The molecule has 184 valence electrons. The van der Waals surface area contributed by atoms with Crippen molar-refractivity contribution in [1.82, 2.24) is 0 Å². The van der Waals surface area contributed by atoms with Crippen molar-refractivity contribution in [2.24, 2.45) is 17.6 Å². The molecule has 8 nitrogen and oxygen atoms in total. The lowest BCUT2D eigenvalue weighted by Crippen LogP contribution is -2.67. The molecule has 0 unspecified atom stereocenters. The molecule has 1 aromatic carbocycles. The van der Waals surface area contributed by atoms with Crippen LogP contribution in [-0.4, -0.2) is 46.0 Å². The van der Waals surface area contributed by atoms with Crippen LogP contribution in [-0.2, 0) is 30.9 Å². The minimum atomic E-state index is -1.15. The quantitative estimate of drug-likeness (QED) is 0.540. The topological polar surface area (TPSA) is 128 Å². The van der Waals surface area contributed by atoms with Gasteiger partial charge in [-0.1, -0.05) is 26.3 Å². The van der Waals surface area contributed by atoms with Crippen LogP contribution in [0.3, 0.4) is 0 Å². The second-order valence-corrected chi connectivity index (χ2v) is 10.7. The fourth-order valence-corrected chi connectivity index (χ4v) is 6.64. The number of phenolic OH excluding ortho intramolecular Hbond substituents is 1. The van der Waals surface area contributed by atoms with E-state index in [9.17, 15) is 19.8 Å². The van der Waals surface area contributed by atoms with Gasteiger partial charge in [-0.3, -0.25) is 4.79 Å². The number of carbonyl (C=O) groups excluding carboxylic acids is 2. The molecule has 34 heavy (non-hydrogen) atoms. The van der Waals surface area contributed by atoms with Crippen molar-refractivity contribution in [2.45, 2.75) is 88.6 Å². The smallest absolute Gasteiger partial charge is 0.352 e. The second-order valence-electron chi connectivity index (χ2n) is 10.7. The SMILES string of the molecule is CC(C)C[C@H](N)C(=O)O[C@@H](C)C(=O)OC1=CC[C@@]2(O)[C@@H]3CCC[C@@]24c2c(ccc(O)c2O[C@@H]14)C3. The number of phenols is 1. The van der Waals surface area contributed by atoms with Crippen molar-refractivity contribution in [1.29, 1.82) is 0 Å². The molecular weight excluding hydrogens is 438 g/mol. The van der Waals surface area contributed by atoms with Gasteiger partial charge in [0.1, 0.15) is 11.8 Å². The summed E-state index contributed by atoms with van der Waals surface area (Å²) in [5.41, 5.74) is 5.96. The standard InChI is InChI=1S/C26H33NO7/c1-13(2)11-17(27)24(30)32-14(3)23(29)33-19-8-10-26(31)16-5-4-9-25(26)20-15(12-16)6-7-18(28)21(20)34-22(19)25/h6-8,13-14,16-17,22,28,31H,4-5,9-12,27H2,1-3H3/t14-,16+,17-,22-,25-,26+/m0/s1. The highest BCUT2D eigenvalue weighted by atomic mass is 16.6. The molecule has 5 rings (SSSR count). The first kappa shape index (κ1) is 23.2. The van der Waals surface area contributed by atoms with E-state index in [0.717, 1.165) is 30.4 Å². The maximum Gasteiger partial charge on any atom is 0.352 e. The highest BCUT2D eigenvalue weighted by Gasteiger charge is 2.70. The highest BCUT2D eigenvalue weighted by molar-refractivity contribution is 5.82. The largest absolute Gasteiger partial charge is 0.504 e. The molecule has 1 fully saturated rings. The third-order valence-corrected chi connectivity index (χ3v) is 8.13. The van der Waals surface area contributed by atoms with Crippen LogP contribution in [0, 0.1) is 11.8 Å². The molecule has 2 bridgehead atoms. The van der Waals surface area contributed by atoms with E-state index in [1.165, 1.54) is 6.92 Å². The lowest BCUT2D eigenvalue weighted by molar-refractivity contribution is -0.171. The summed E-state index contributed by atoms with van der Waals surface area (Å²) >= 11 is 0. The van der Waals surface area contributed by atoms with E-state index in [2.05, 4.69) is 0 Å². The highest BCUT2D eigenvalue weighted by Crippen LogP contribution is 2.67. The number of hydrogen-bond donors (Lipinski definition) is 3. The molecule has 4 N–H and O–H groups in total. The van der Waals surface area contributed by atoms with Crippen LogP contribution in [0.1, 0.15) is 64.0 Å². The lowest BCUT2D eigenvalue weighted by atomic mass is 9.47. The Bertz CT molecular complexity index is 1070. The van der Waals surface area contributed by atoms with Crippen molar-refractivity contribution in [3.63, 3.8) is 0 Å². The fraction of sp³-hybridized carbons (Fsp3) is 0.615. The van der Waals surface area contributed by atoms with E-state index >= 15 is 0 Å². The Labute approximate surface area is 199 Å². The third-order valence-electron chi connectivity index (χ3n) is 8.13. The second kappa shape index (κ2) is 7.99. The fourth-order valence-electron chi connectivity index (χ4n) is 6.64. The molecule has 0 aromatic heterocycles. The first-order chi connectivity index (χ1) is 16.1. The summed E-state index contributed by atoms with van der Waals surface area (Å²) in [6.45, 7) is 5.35. The van der Waals surface area contributed by atoms with Gasteiger partial charge in [0.05, 0.1) is 11.0 Å². The normalized spacial score (nSPS) is 32.2. The predicted octanol–water partition coefficient (Wildman–Crippen LogP) is 2.61. The number of hydrogen-bond acceptors (Lipinski definition) is 8. The summed E-state index contributed by atoms with van der Waals surface area (Å²) in [6, 6.07) is 2.72. The van der Waals surface area contributed by atoms with Crippen molar-refractivity contribution in [3.8, 4) is 11.5 Å². The molecule has 0 amide bonds. The molecule has 4 aliphatic rings. The molecule has 8 heteroatoms. The van der Waals surface area contributed by atoms with E-state index in [-0.39, 0.29) is 23.3 Å². The van der Waals surface area contributed by atoms with Gasteiger partial charge in [0.15, 0.2) is 23.7 Å². The summed E-state index contributed by atoms with van der Waals surface area (Å²) in [4.78, 5) is 25.2. The molecule has 3 aliphatic carbocycles. The molecule has 1 aromatic rings. The monoisotopic (exact) mass is 471 g/mol. The Morgan fingerprint density at radius 3 is 2.76 bits per heavy atom. The van der Waals surface area contributed by atoms with Crippen LogP contribution in [0.15, 0.2) is 24.0 Å². The van der Waals surface area contributed by atoms with Gasteiger partial charge >= 0.3 is 11.9 Å². The number of carbonyl (C=O) groups is 2. The van der Waals surface area contributed by atoms with Gasteiger partial charge in [-0.25, -0.2) is 4.79 Å². The number of benzene rings is 1. The van der Waals surface area contributed by atoms with Crippen LogP contribution in [0.2, 0.25) is 0 Å². The maximum absolute atomic E-state index is 12.9. The summed E-state index contributed by atoms with van der Waals surface area (Å²) in [6.07, 6.45) is 3.80. The molecule has 6 atom stereocenters. The third kappa shape index (κ3) is 3.18. The molecule has 1 spiro atoms. The van der Waals surface area contributed by atoms with Gasteiger partial charge in [-0.05, 0) is 68.6 Å². The van der Waals surface area contributed by atoms with E-state index in [1.807, 2.05) is 19.9 Å². The van der Waals surface area contributed by atoms with Gasteiger partial charge in [-0.2, -0.15) is 0 Å². The first-order valence-corrected chi connectivity index (χ1v) is 12.2. The number of ether oxygens (including phenoxy) is 3. The van der Waals surface area contributed by atoms with Crippen LogP contribution < -0.4 is 10.5 Å². The average molecular weight is 472 g/mol. The Morgan fingerprint density at radius 2 is 2.03 bits per heavy atom. The number of nitrogens with two attached hydrogens (primary N) is 1. The maximum atomic E-state index is 12.9. The van der Waals surface area contributed by atoms with Gasteiger partial charge in [-0.15, -0.1) is 0 Å². The summed E-state index contributed by atoms with van der Waals surface area (Å²) in [5, 5.41) is 22.5. The predicted molar refractivity (Wildman–Crippen MR) is 122 cm³/mol. The first-order valence-electron chi connectivity index (χ1n) is 12.2. The zero-order chi connectivity index (χ0) is 24.4. The molecule has 0 saturated heterocycles. The molecule has 1 saturated carbocycles. The summed E-state index contributed by atoms with van der Waals surface area (Å²) in [5.74, 6) is -0.437. The van der Waals surface area contributed by atoms with Gasteiger partial charge in [0.25, 0.3) is 0 Å². The summed E-state index contributed by atoms with van der Waals surface area (Å²) < 4.78 is 17.2. The molecular formula is C26H33NO7. The number of rotatable bonds is 6. The van der Waals surface area contributed by atoms with Crippen LogP contribution >= 0.6 is 0 Å². The average Bonchev–Trinajstić information content (AvgIpc) is 3.12. The van der Waals surface area contributed by atoms with E-state index in [1.54, 1.807) is 12.1 Å². The molecule has 0 radical (unpaired) electrons. The van der Waals surface area contributed by atoms with Crippen LogP contribution in [0.5, 0.6) is 11.5 Å². The molecule has 1 heterocycles. The Morgan fingerprint density at radius 1 is 1.26 bits per heavy atom. The van der Waals surface area contributed by atoms with E-state index in [0.29, 0.717) is 25.0 Å². The lowest BCUT2D eigenvalue weighted by Gasteiger charge is -2.59. The Kier molecular flexibility index (Phi) is 5.44.